The van der Waals surface area contributed by atoms with E-state index < -0.39 is 11.9 Å². The average Bonchev–Trinajstić information content (AvgIpc) is 3.50. The van der Waals surface area contributed by atoms with Gasteiger partial charge >= 0.3 is 0 Å². The average molecular weight is 538 g/mol. The van der Waals surface area contributed by atoms with Gasteiger partial charge in [-0.2, -0.15) is 0 Å². The van der Waals surface area contributed by atoms with Crippen LogP contribution in [0.25, 0.3) is 11.4 Å². The largest absolute Gasteiger partial charge is 0.493 e. The topological polar surface area (TPSA) is 128 Å². The molecular formula is C28H35N5O6. The van der Waals surface area contributed by atoms with Crippen molar-refractivity contribution in [2.75, 3.05) is 33.4 Å². The quantitative estimate of drug-likeness (QED) is 0.526. The number of rotatable bonds is 3. The molecule has 39 heavy (non-hydrogen) atoms. The van der Waals surface area contributed by atoms with Crippen molar-refractivity contribution in [3.05, 3.63) is 53.7 Å². The number of aromatic nitrogens is 2. The van der Waals surface area contributed by atoms with Crippen molar-refractivity contribution in [3.63, 3.8) is 0 Å². The molecule has 1 atom stereocenters. The third-order valence-electron chi connectivity index (χ3n) is 6.57. The van der Waals surface area contributed by atoms with Gasteiger partial charge in [0.1, 0.15) is 30.0 Å². The maximum atomic E-state index is 13.5. The molecular weight excluding hydrogens is 502 g/mol. The molecule has 0 aliphatic carbocycles. The molecule has 0 fully saturated rings. The lowest BCUT2D eigenvalue weighted by atomic mass is 10.0. The van der Waals surface area contributed by atoms with Crippen molar-refractivity contribution in [1.82, 2.24) is 25.1 Å². The minimum absolute atomic E-state index is 0.0945. The Kier molecular flexibility index (Phi) is 8.58. The van der Waals surface area contributed by atoms with Crippen molar-refractivity contribution < 1.29 is 28.3 Å². The summed E-state index contributed by atoms with van der Waals surface area (Å²) in [4.78, 5) is 45.5. The van der Waals surface area contributed by atoms with Crippen molar-refractivity contribution in [3.8, 4) is 22.9 Å². The van der Waals surface area contributed by atoms with Crippen LogP contribution in [0.2, 0.25) is 0 Å². The van der Waals surface area contributed by atoms with Gasteiger partial charge < -0.3 is 34.0 Å². The zero-order valence-corrected chi connectivity index (χ0v) is 22.9. The minimum atomic E-state index is -0.763. The molecule has 0 saturated carbocycles. The van der Waals surface area contributed by atoms with Gasteiger partial charge in [0.15, 0.2) is 11.5 Å². The van der Waals surface area contributed by atoms with Crippen LogP contribution in [0.4, 0.5) is 0 Å². The Balaban J connectivity index is 1.67. The second kappa shape index (κ2) is 12.1. The maximum absolute atomic E-state index is 13.5. The van der Waals surface area contributed by atoms with Crippen molar-refractivity contribution in [1.29, 1.82) is 0 Å². The van der Waals surface area contributed by atoms with Gasteiger partial charge in [-0.05, 0) is 44.0 Å². The molecule has 1 aliphatic heterocycles. The third kappa shape index (κ3) is 6.42. The lowest BCUT2D eigenvalue weighted by molar-refractivity contribution is -0.130. The summed E-state index contributed by atoms with van der Waals surface area (Å²) < 4.78 is 19.0. The number of fused-ring (bicyclic) bond motifs is 4. The smallest absolute Gasteiger partial charge is 0.257 e. The van der Waals surface area contributed by atoms with E-state index in [1.165, 1.54) is 4.90 Å². The van der Waals surface area contributed by atoms with E-state index in [-0.39, 0.29) is 37.4 Å². The molecule has 11 nitrogen and oxygen atoms in total. The number of hydrogen-bond acceptors (Lipinski definition) is 7. The lowest BCUT2D eigenvalue weighted by Gasteiger charge is -2.25. The summed E-state index contributed by atoms with van der Waals surface area (Å²) in [7, 11) is 1.55. The van der Waals surface area contributed by atoms with E-state index in [2.05, 4.69) is 15.6 Å². The molecule has 2 N–H and O–H groups in total. The zero-order chi connectivity index (χ0) is 28.1. The SMILES string of the molecule is COc1ccc2cc1OCCN(C(=O)c1cc(C)oc1C)CC(=O)N[C@H](C(C)C)C(=O)NCCn1ccnc1-2. The fourth-order valence-electron chi connectivity index (χ4n) is 4.55. The number of ether oxygens (including phenoxy) is 2. The predicted octanol–water partition coefficient (Wildman–Crippen LogP) is 2.56. The molecule has 0 unspecified atom stereocenters. The molecule has 0 saturated heterocycles. The van der Waals surface area contributed by atoms with Gasteiger partial charge in [-0.1, -0.05) is 13.8 Å². The molecule has 1 aliphatic rings. The molecule has 2 bridgehead atoms. The normalized spacial score (nSPS) is 17.1. The Morgan fingerprint density at radius 1 is 1.18 bits per heavy atom. The Morgan fingerprint density at radius 2 is 1.97 bits per heavy atom. The molecule has 1 aromatic carbocycles. The number of carbonyl (C=O) groups excluding carboxylic acids is 3. The van der Waals surface area contributed by atoms with Gasteiger partial charge in [-0.3, -0.25) is 14.4 Å². The highest BCUT2D eigenvalue weighted by Gasteiger charge is 2.28. The second-order valence-corrected chi connectivity index (χ2v) is 9.79. The highest BCUT2D eigenvalue weighted by atomic mass is 16.5. The van der Waals surface area contributed by atoms with Crippen LogP contribution >= 0.6 is 0 Å². The number of nitrogens with one attached hydrogen (secondary N) is 2. The first kappa shape index (κ1) is 27.7. The van der Waals surface area contributed by atoms with Gasteiger partial charge in [0.05, 0.1) is 25.8 Å². The molecule has 3 amide bonds. The number of aryl methyl sites for hydroxylation is 2. The van der Waals surface area contributed by atoms with E-state index in [0.29, 0.717) is 47.5 Å². The summed E-state index contributed by atoms with van der Waals surface area (Å²) in [5.41, 5.74) is 1.18. The number of hydrogen-bond donors (Lipinski definition) is 2. The zero-order valence-electron chi connectivity index (χ0n) is 22.9. The molecule has 2 aromatic heterocycles. The standard InChI is InChI=1S/C28H35N5O6/c1-17(2)25-27(35)30-9-11-32-10-8-29-26(32)20-6-7-22(37-5)23(15-20)38-13-12-33(16-24(34)31-25)28(36)21-14-18(3)39-19(21)4/h6-8,10,14-15,17,25H,9,11-13,16H2,1-5H3,(H,30,35)(H,31,34)/t25-/m1/s1. The molecule has 208 valence electrons. The Bertz CT molecular complexity index is 1340. The Morgan fingerprint density at radius 3 is 2.67 bits per heavy atom. The van der Waals surface area contributed by atoms with Crippen LogP contribution in [0.15, 0.2) is 41.1 Å². The highest BCUT2D eigenvalue weighted by Crippen LogP contribution is 2.32. The number of carbonyl (C=O) groups is 3. The summed E-state index contributed by atoms with van der Waals surface area (Å²) in [6.07, 6.45) is 3.53. The fourth-order valence-corrected chi connectivity index (χ4v) is 4.55. The Hall–Kier alpha value is -4.28. The van der Waals surface area contributed by atoms with Crippen molar-refractivity contribution >= 4 is 17.7 Å². The Labute approximate surface area is 227 Å². The highest BCUT2D eigenvalue weighted by molar-refractivity contribution is 5.98. The number of benzene rings is 1. The van der Waals surface area contributed by atoms with Gasteiger partial charge in [-0.15, -0.1) is 0 Å². The van der Waals surface area contributed by atoms with Crippen LogP contribution in [-0.2, 0) is 16.1 Å². The predicted molar refractivity (Wildman–Crippen MR) is 144 cm³/mol. The van der Waals surface area contributed by atoms with Gasteiger partial charge in [0, 0.05) is 31.0 Å². The summed E-state index contributed by atoms with van der Waals surface area (Å²) in [6.45, 7) is 7.94. The van der Waals surface area contributed by atoms with Gasteiger partial charge in [-0.25, -0.2) is 4.98 Å². The molecule has 11 heteroatoms. The van der Waals surface area contributed by atoms with E-state index in [9.17, 15) is 14.4 Å². The molecule has 0 spiro atoms. The van der Waals surface area contributed by atoms with Crippen LogP contribution in [0.3, 0.4) is 0 Å². The molecule has 3 heterocycles. The monoisotopic (exact) mass is 537 g/mol. The number of furan rings is 1. The van der Waals surface area contributed by atoms with E-state index in [4.69, 9.17) is 13.9 Å². The first-order valence-electron chi connectivity index (χ1n) is 12.9. The minimum Gasteiger partial charge on any atom is -0.493 e. The number of imidazole rings is 1. The molecule has 3 aromatic rings. The number of amides is 3. The summed E-state index contributed by atoms with van der Waals surface area (Å²) in [5, 5.41) is 5.72. The summed E-state index contributed by atoms with van der Waals surface area (Å²) in [6, 6.07) is 6.39. The van der Waals surface area contributed by atoms with Crippen LogP contribution in [0, 0.1) is 19.8 Å². The third-order valence-corrected chi connectivity index (χ3v) is 6.57. The van der Waals surface area contributed by atoms with Crippen LogP contribution in [0.5, 0.6) is 11.5 Å². The first-order chi connectivity index (χ1) is 18.7. The van der Waals surface area contributed by atoms with Gasteiger partial charge in [0.2, 0.25) is 11.8 Å². The molecule has 4 rings (SSSR count). The van der Waals surface area contributed by atoms with E-state index in [1.807, 2.05) is 36.7 Å². The van der Waals surface area contributed by atoms with Crippen molar-refractivity contribution in [2.24, 2.45) is 5.92 Å². The summed E-state index contributed by atoms with van der Waals surface area (Å²) >= 11 is 0. The number of methoxy groups -OCH3 is 1. The van der Waals surface area contributed by atoms with E-state index >= 15 is 0 Å². The fraction of sp³-hybridized carbons (Fsp3) is 0.429. The summed E-state index contributed by atoms with van der Waals surface area (Å²) in [5.74, 6) is 1.50. The molecule has 0 radical (unpaired) electrons. The van der Waals surface area contributed by atoms with Crippen molar-refractivity contribution in [2.45, 2.75) is 40.3 Å². The maximum Gasteiger partial charge on any atom is 0.257 e. The van der Waals surface area contributed by atoms with E-state index in [1.54, 1.807) is 39.3 Å². The number of nitrogens with zero attached hydrogens (tertiary/aromatic N) is 3. The van der Waals surface area contributed by atoms with Crippen LogP contribution in [0.1, 0.15) is 35.7 Å². The first-order valence-corrected chi connectivity index (χ1v) is 12.9. The second-order valence-electron chi connectivity index (χ2n) is 9.79. The van der Waals surface area contributed by atoms with Crippen LogP contribution < -0.4 is 20.1 Å². The van der Waals surface area contributed by atoms with Gasteiger partial charge in [0.25, 0.3) is 5.91 Å². The van der Waals surface area contributed by atoms with Crippen LogP contribution in [-0.4, -0.2) is 71.6 Å². The van der Waals surface area contributed by atoms with E-state index in [0.717, 1.165) is 5.56 Å². The lowest BCUT2D eigenvalue weighted by Crippen LogP contribution is -2.53.